The van der Waals surface area contributed by atoms with E-state index in [1.54, 1.807) is 32.4 Å². The minimum Gasteiger partial charge on any atom is -0.494 e. The maximum absolute atomic E-state index is 12.6. The fraction of sp³-hybridized carbons (Fsp3) is 0.350. The van der Waals surface area contributed by atoms with Crippen LogP contribution in [-0.2, 0) is 0 Å². The number of halogens is 1. The van der Waals surface area contributed by atoms with Crippen LogP contribution in [0.1, 0.15) is 30.6 Å². The van der Waals surface area contributed by atoms with Gasteiger partial charge in [0.05, 0.1) is 25.3 Å². The molecular weight excluding hydrogens is 366 g/mol. The summed E-state index contributed by atoms with van der Waals surface area (Å²) in [6.07, 6.45) is 0.927. The van der Waals surface area contributed by atoms with E-state index in [-0.39, 0.29) is 18.3 Å². The third kappa shape index (κ3) is 4.22. The van der Waals surface area contributed by atoms with Crippen LogP contribution in [0.3, 0.4) is 0 Å². The molecule has 0 bridgehead atoms. The molecule has 0 unspecified atom stereocenters. The molecule has 27 heavy (non-hydrogen) atoms. The second-order valence-corrected chi connectivity index (χ2v) is 6.50. The van der Waals surface area contributed by atoms with Crippen molar-refractivity contribution in [1.29, 1.82) is 0 Å². The van der Waals surface area contributed by atoms with Crippen molar-refractivity contribution in [3.63, 3.8) is 0 Å². The molecule has 1 heterocycles. The van der Waals surface area contributed by atoms with Crippen molar-refractivity contribution in [2.75, 3.05) is 20.8 Å². The average Bonchev–Trinajstić information content (AvgIpc) is 2.64. The lowest BCUT2D eigenvalue weighted by Gasteiger charge is -2.12. The molecule has 2 aromatic carbocycles. The van der Waals surface area contributed by atoms with Crippen molar-refractivity contribution < 1.29 is 14.3 Å². The molecule has 0 aliphatic rings. The topological polar surface area (TPSA) is 73.3 Å². The van der Waals surface area contributed by atoms with E-state index in [1.165, 1.54) is 0 Å². The molecule has 7 heteroatoms. The van der Waals surface area contributed by atoms with Crippen LogP contribution >= 0.6 is 12.4 Å². The number of ether oxygens (including phenoxy) is 2. The molecule has 0 aliphatic heterocycles. The number of carbonyl (C=O) groups is 1. The predicted octanol–water partition coefficient (Wildman–Crippen LogP) is 4.00. The Hall–Kier alpha value is -2.60. The first-order valence-corrected chi connectivity index (χ1v) is 8.64. The first-order chi connectivity index (χ1) is 12.5. The number of para-hydroxylation sites is 1. The number of methoxy groups -OCH3 is 2. The van der Waals surface area contributed by atoms with Crippen LogP contribution in [0.25, 0.3) is 22.1 Å². The van der Waals surface area contributed by atoms with Gasteiger partial charge >= 0.3 is 0 Å². The van der Waals surface area contributed by atoms with Crippen molar-refractivity contribution in [3.05, 3.63) is 35.9 Å². The second-order valence-electron chi connectivity index (χ2n) is 6.50. The third-order valence-electron chi connectivity index (χ3n) is 4.24. The van der Waals surface area contributed by atoms with Crippen LogP contribution in [0.2, 0.25) is 0 Å². The highest BCUT2D eigenvalue weighted by Crippen LogP contribution is 2.32. The van der Waals surface area contributed by atoms with Gasteiger partial charge in [0.2, 0.25) is 0 Å². The first kappa shape index (κ1) is 20.7. The molecular formula is C20H24ClN3O3. The molecule has 3 aromatic rings. The molecule has 1 aromatic heterocycles. The van der Waals surface area contributed by atoms with Crippen molar-refractivity contribution in [2.45, 2.75) is 20.3 Å². The number of rotatable bonds is 6. The molecule has 0 saturated carbocycles. The van der Waals surface area contributed by atoms with Crippen LogP contribution in [0, 0.1) is 5.92 Å². The summed E-state index contributed by atoms with van der Waals surface area (Å²) in [6, 6.07) is 9.00. The Bertz CT molecular complexity index is 960. The Balaban J connectivity index is 0.00000261. The number of fused-ring (bicyclic) bond motifs is 2. The monoisotopic (exact) mass is 389 g/mol. The Morgan fingerprint density at radius 2 is 1.63 bits per heavy atom. The van der Waals surface area contributed by atoms with Gasteiger partial charge in [-0.2, -0.15) is 0 Å². The summed E-state index contributed by atoms with van der Waals surface area (Å²) < 4.78 is 10.8. The molecule has 3 rings (SSSR count). The molecule has 0 spiro atoms. The quantitative estimate of drug-likeness (QED) is 0.645. The fourth-order valence-corrected chi connectivity index (χ4v) is 2.81. The Labute approximate surface area is 164 Å². The number of hydrogen-bond acceptors (Lipinski definition) is 5. The fourth-order valence-electron chi connectivity index (χ4n) is 2.81. The Morgan fingerprint density at radius 1 is 1.00 bits per heavy atom. The third-order valence-corrected chi connectivity index (χ3v) is 4.24. The number of hydrogen-bond donors (Lipinski definition) is 1. The second kappa shape index (κ2) is 8.86. The summed E-state index contributed by atoms with van der Waals surface area (Å²) >= 11 is 0. The highest BCUT2D eigenvalue weighted by atomic mass is 35.5. The van der Waals surface area contributed by atoms with Crippen LogP contribution < -0.4 is 14.8 Å². The molecule has 0 aliphatic carbocycles. The van der Waals surface area contributed by atoms with Gasteiger partial charge in [0.15, 0.2) is 0 Å². The van der Waals surface area contributed by atoms with Crippen molar-refractivity contribution in [3.8, 4) is 11.5 Å². The smallest absolute Gasteiger partial charge is 0.253 e. The van der Waals surface area contributed by atoms with Gasteiger partial charge in [0.25, 0.3) is 5.91 Å². The first-order valence-electron chi connectivity index (χ1n) is 8.64. The number of benzene rings is 2. The summed E-state index contributed by atoms with van der Waals surface area (Å²) in [7, 11) is 3.17. The normalized spacial score (nSPS) is 10.7. The van der Waals surface area contributed by atoms with Crippen LogP contribution in [-0.4, -0.2) is 36.6 Å². The van der Waals surface area contributed by atoms with E-state index in [0.29, 0.717) is 51.6 Å². The Morgan fingerprint density at radius 3 is 2.22 bits per heavy atom. The lowest BCUT2D eigenvalue weighted by Crippen LogP contribution is -2.25. The van der Waals surface area contributed by atoms with E-state index >= 15 is 0 Å². The summed E-state index contributed by atoms with van der Waals surface area (Å²) in [4.78, 5) is 22.0. The zero-order valence-electron chi connectivity index (χ0n) is 15.9. The standard InChI is InChI=1S/C20H23N3O3.ClH/c1-12(2)10-11-21-20(24)13-6-5-7-14-17(13)23-19-16(26-4)9-8-15(25-3)18(19)22-14;/h5-9,12H,10-11H2,1-4H3,(H,21,24);1H. The lowest BCUT2D eigenvalue weighted by molar-refractivity contribution is 0.0953. The molecule has 6 nitrogen and oxygen atoms in total. The maximum atomic E-state index is 12.6. The molecule has 0 fully saturated rings. The molecule has 0 atom stereocenters. The molecule has 144 valence electrons. The van der Waals surface area contributed by atoms with Gasteiger partial charge in [0, 0.05) is 6.54 Å². The lowest BCUT2D eigenvalue weighted by atomic mass is 10.1. The van der Waals surface area contributed by atoms with E-state index in [1.807, 2.05) is 12.1 Å². The molecule has 1 amide bonds. The highest BCUT2D eigenvalue weighted by Gasteiger charge is 2.16. The van der Waals surface area contributed by atoms with Crippen molar-refractivity contribution >= 4 is 40.4 Å². The number of amides is 1. The molecule has 1 N–H and O–H groups in total. The minimum atomic E-state index is -0.147. The van der Waals surface area contributed by atoms with E-state index in [9.17, 15) is 4.79 Å². The van der Waals surface area contributed by atoms with E-state index in [2.05, 4.69) is 24.1 Å². The summed E-state index contributed by atoms with van der Waals surface area (Å²) in [6.45, 7) is 4.88. The average molecular weight is 390 g/mol. The molecule has 0 saturated heterocycles. The van der Waals surface area contributed by atoms with Gasteiger partial charge in [-0.3, -0.25) is 4.79 Å². The van der Waals surface area contributed by atoms with Crippen molar-refractivity contribution in [1.82, 2.24) is 15.3 Å². The van der Waals surface area contributed by atoms with Gasteiger partial charge < -0.3 is 14.8 Å². The Kier molecular flexibility index (Phi) is 6.80. The van der Waals surface area contributed by atoms with Gasteiger partial charge in [-0.1, -0.05) is 19.9 Å². The largest absolute Gasteiger partial charge is 0.494 e. The van der Waals surface area contributed by atoms with E-state index in [4.69, 9.17) is 14.5 Å². The van der Waals surface area contributed by atoms with E-state index in [0.717, 1.165) is 6.42 Å². The van der Waals surface area contributed by atoms with Crippen molar-refractivity contribution in [2.24, 2.45) is 5.92 Å². The number of carbonyl (C=O) groups excluding carboxylic acids is 1. The van der Waals surface area contributed by atoms with Gasteiger partial charge in [-0.15, -0.1) is 12.4 Å². The SMILES string of the molecule is COc1ccc(OC)c2nc3c(C(=O)NCCC(C)C)cccc3nc12.Cl. The summed E-state index contributed by atoms with van der Waals surface area (Å²) in [5.74, 6) is 1.59. The zero-order chi connectivity index (χ0) is 18.7. The minimum absolute atomic E-state index is 0. The van der Waals surface area contributed by atoms with Gasteiger partial charge in [-0.05, 0) is 36.6 Å². The number of aromatic nitrogens is 2. The zero-order valence-corrected chi connectivity index (χ0v) is 16.7. The summed E-state index contributed by atoms with van der Waals surface area (Å²) in [5.41, 5.74) is 2.87. The predicted molar refractivity (Wildman–Crippen MR) is 109 cm³/mol. The number of nitrogens with one attached hydrogen (secondary N) is 1. The highest BCUT2D eigenvalue weighted by molar-refractivity contribution is 6.06. The van der Waals surface area contributed by atoms with Gasteiger partial charge in [0.1, 0.15) is 28.0 Å². The van der Waals surface area contributed by atoms with E-state index < -0.39 is 0 Å². The van der Waals surface area contributed by atoms with Gasteiger partial charge in [-0.25, -0.2) is 9.97 Å². The van der Waals surface area contributed by atoms with Crippen LogP contribution in [0.5, 0.6) is 11.5 Å². The van der Waals surface area contributed by atoms with Crippen LogP contribution in [0.4, 0.5) is 0 Å². The number of nitrogens with zero attached hydrogens (tertiary/aromatic N) is 2. The summed E-state index contributed by atoms with van der Waals surface area (Å²) in [5, 5.41) is 2.96. The maximum Gasteiger partial charge on any atom is 0.253 e. The van der Waals surface area contributed by atoms with Crippen LogP contribution in [0.15, 0.2) is 30.3 Å². The molecule has 0 radical (unpaired) electrons.